The highest BCUT2D eigenvalue weighted by Gasteiger charge is 2.24. The molecule has 1 heterocycles. The Morgan fingerprint density at radius 2 is 1.75 bits per heavy atom. The van der Waals surface area contributed by atoms with E-state index in [1.165, 1.54) is 0 Å². The fraction of sp³-hybridized carbons (Fsp3) is 0.417. The van der Waals surface area contributed by atoms with E-state index in [-0.39, 0.29) is 11.7 Å². The maximum Gasteiger partial charge on any atom is 0.166 e. The van der Waals surface area contributed by atoms with Crippen molar-refractivity contribution in [2.24, 2.45) is 5.92 Å². The molecule has 0 bridgehead atoms. The highest BCUT2D eigenvalue weighted by Crippen LogP contribution is 2.23. The third-order valence-electron chi connectivity index (χ3n) is 2.94. The first-order valence-electron chi connectivity index (χ1n) is 5.37. The summed E-state index contributed by atoms with van der Waals surface area (Å²) in [7, 11) is 0. The summed E-state index contributed by atoms with van der Waals surface area (Å²) in [6, 6.07) is 7.09. The van der Waals surface area contributed by atoms with Gasteiger partial charge in [-0.25, -0.2) is 4.42 Å². The van der Waals surface area contributed by atoms with Gasteiger partial charge in [-0.15, -0.1) is 0 Å². The monoisotopic (exact) mass is 257 g/mol. The lowest BCUT2D eigenvalue weighted by Crippen LogP contribution is -2.30. The Bertz CT molecular complexity index is 369. The quantitative estimate of drug-likeness (QED) is 0.598. The van der Waals surface area contributed by atoms with Crippen molar-refractivity contribution < 1.29 is 4.79 Å². The van der Waals surface area contributed by atoms with Gasteiger partial charge in [-0.05, 0) is 48.9 Å². The molecule has 0 atom stereocenters. The highest BCUT2D eigenvalue weighted by atomic mass is 35.5. The molecule has 2 rings (SSSR count). The van der Waals surface area contributed by atoms with Crippen LogP contribution in [-0.2, 0) is 0 Å². The highest BCUT2D eigenvalue weighted by molar-refractivity contribution is 6.30. The number of halogens is 2. The molecule has 1 aliphatic rings. The SMILES string of the molecule is O=C(c1ccc(Cl)cc1)C1CCN(Cl)CC1. The molecule has 0 aromatic heterocycles. The number of hydrogen-bond acceptors (Lipinski definition) is 2. The molecule has 0 aliphatic carbocycles. The molecule has 0 unspecified atom stereocenters. The molecule has 86 valence electrons. The average Bonchev–Trinajstić information content (AvgIpc) is 2.30. The Labute approximate surface area is 105 Å². The summed E-state index contributed by atoms with van der Waals surface area (Å²) >= 11 is 11.6. The van der Waals surface area contributed by atoms with Crippen molar-refractivity contribution in [3.05, 3.63) is 34.9 Å². The van der Waals surface area contributed by atoms with Crippen molar-refractivity contribution in [2.45, 2.75) is 12.8 Å². The number of piperidine rings is 1. The lowest BCUT2D eigenvalue weighted by molar-refractivity contribution is 0.0877. The topological polar surface area (TPSA) is 20.3 Å². The van der Waals surface area contributed by atoms with Crippen LogP contribution in [0.15, 0.2) is 24.3 Å². The van der Waals surface area contributed by atoms with Gasteiger partial charge < -0.3 is 0 Å². The first-order valence-corrected chi connectivity index (χ1v) is 6.09. The van der Waals surface area contributed by atoms with Crippen molar-refractivity contribution in [2.75, 3.05) is 13.1 Å². The van der Waals surface area contributed by atoms with Crippen molar-refractivity contribution in [1.82, 2.24) is 4.42 Å². The summed E-state index contributed by atoms with van der Waals surface area (Å²) in [6.45, 7) is 1.57. The molecule has 1 aromatic rings. The van der Waals surface area contributed by atoms with E-state index in [9.17, 15) is 4.79 Å². The fourth-order valence-corrected chi connectivity index (χ4v) is 2.28. The van der Waals surface area contributed by atoms with Gasteiger partial charge >= 0.3 is 0 Å². The zero-order valence-electron chi connectivity index (χ0n) is 8.83. The molecule has 0 spiro atoms. The number of carbonyl (C=O) groups excluding carboxylic acids is 1. The number of carbonyl (C=O) groups is 1. The largest absolute Gasteiger partial charge is 0.294 e. The third kappa shape index (κ3) is 2.76. The van der Waals surface area contributed by atoms with Crippen LogP contribution in [0, 0.1) is 5.92 Å². The third-order valence-corrected chi connectivity index (χ3v) is 3.53. The van der Waals surface area contributed by atoms with Crippen molar-refractivity contribution in [1.29, 1.82) is 0 Å². The van der Waals surface area contributed by atoms with E-state index in [2.05, 4.69) is 0 Å². The number of ketones is 1. The number of hydrogen-bond donors (Lipinski definition) is 0. The Kier molecular flexibility index (Phi) is 3.85. The van der Waals surface area contributed by atoms with Gasteiger partial charge in [0.05, 0.1) is 0 Å². The minimum absolute atomic E-state index is 0.108. The van der Waals surface area contributed by atoms with Gasteiger partial charge in [-0.3, -0.25) is 4.79 Å². The van der Waals surface area contributed by atoms with Crippen LogP contribution in [0.5, 0.6) is 0 Å². The van der Waals surface area contributed by atoms with Crippen LogP contribution in [0.1, 0.15) is 23.2 Å². The first kappa shape index (κ1) is 11.9. The van der Waals surface area contributed by atoms with Gasteiger partial charge in [-0.2, -0.15) is 0 Å². The van der Waals surface area contributed by atoms with Crippen LogP contribution >= 0.6 is 23.4 Å². The summed E-state index contributed by atoms with van der Waals surface area (Å²) < 4.78 is 1.74. The van der Waals surface area contributed by atoms with E-state index in [1.807, 2.05) is 0 Å². The molecule has 4 heteroatoms. The second-order valence-corrected chi connectivity index (χ2v) is 4.97. The van der Waals surface area contributed by atoms with Crippen molar-refractivity contribution >= 4 is 29.2 Å². The number of benzene rings is 1. The second-order valence-electron chi connectivity index (χ2n) is 4.06. The van der Waals surface area contributed by atoms with Crippen LogP contribution in [-0.4, -0.2) is 23.3 Å². The predicted molar refractivity (Wildman–Crippen MR) is 65.9 cm³/mol. The average molecular weight is 258 g/mol. The molecule has 1 aromatic carbocycles. The van der Waals surface area contributed by atoms with Gasteiger partial charge in [0.15, 0.2) is 5.78 Å². The van der Waals surface area contributed by atoms with Gasteiger partial charge in [0.1, 0.15) is 0 Å². The van der Waals surface area contributed by atoms with Gasteiger partial charge in [0.2, 0.25) is 0 Å². The van der Waals surface area contributed by atoms with E-state index >= 15 is 0 Å². The molecule has 0 radical (unpaired) electrons. The standard InChI is InChI=1S/C12H13Cl2NO/c13-11-3-1-9(2-4-11)12(16)10-5-7-15(14)8-6-10/h1-4,10H,5-8H2. The fourth-order valence-electron chi connectivity index (χ4n) is 1.96. The van der Waals surface area contributed by atoms with E-state index in [4.69, 9.17) is 23.4 Å². The maximum absolute atomic E-state index is 12.1. The Morgan fingerprint density at radius 3 is 2.31 bits per heavy atom. The van der Waals surface area contributed by atoms with Crippen molar-refractivity contribution in [3.8, 4) is 0 Å². The molecule has 16 heavy (non-hydrogen) atoms. The molecular weight excluding hydrogens is 245 g/mol. The first-order chi connectivity index (χ1) is 7.66. The molecule has 0 N–H and O–H groups in total. The summed E-state index contributed by atoms with van der Waals surface area (Å²) in [5, 5.41) is 0.659. The smallest absolute Gasteiger partial charge is 0.166 e. The second kappa shape index (κ2) is 5.17. The van der Waals surface area contributed by atoms with Crippen LogP contribution in [0.3, 0.4) is 0 Å². The molecular formula is C12H13Cl2NO. The van der Waals surface area contributed by atoms with E-state index in [0.717, 1.165) is 31.5 Å². The summed E-state index contributed by atoms with van der Waals surface area (Å²) in [5.74, 6) is 0.317. The minimum Gasteiger partial charge on any atom is -0.294 e. The molecule has 1 aliphatic heterocycles. The summed E-state index contributed by atoms with van der Waals surface area (Å²) in [4.78, 5) is 12.1. The minimum atomic E-state index is 0.108. The van der Waals surface area contributed by atoms with Crippen molar-refractivity contribution in [3.63, 3.8) is 0 Å². The number of rotatable bonds is 2. The number of Topliss-reactive ketones (excluding diaryl/α,β-unsaturated/α-hetero) is 1. The van der Waals surface area contributed by atoms with Crippen LogP contribution < -0.4 is 0 Å². The van der Waals surface area contributed by atoms with Crippen LogP contribution in [0.4, 0.5) is 0 Å². The zero-order valence-corrected chi connectivity index (χ0v) is 10.3. The number of nitrogens with zero attached hydrogens (tertiary/aromatic N) is 1. The molecule has 1 fully saturated rings. The van der Waals surface area contributed by atoms with Gasteiger partial charge in [0, 0.05) is 29.6 Å². The molecule has 0 saturated carbocycles. The summed E-state index contributed by atoms with van der Waals surface area (Å²) in [5.41, 5.74) is 0.748. The lowest BCUT2D eigenvalue weighted by Gasteiger charge is -2.25. The van der Waals surface area contributed by atoms with Crippen LogP contribution in [0.25, 0.3) is 0 Å². The molecule has 2 nitrogen and oxygen atoms in total. The van der Waals surface area contributed by atoms with E-state index in [1.54, 1.807) is 28.7 Å². The molecule has 0 amide bonds. The van der Waals surface area contributed by atoms with E-state index in [0.29, 0.717) is 5.02 Å². The lowest BCUT2D eigenvalue weighted by atomic mass is 9.90. The Balaban J connectivity index is 2.05. The zero-order chi connectivity index (χ0) is 11.5. The summed E-state index contributed by atoms with van der Waals surface area (Å²) in [6.07, 6.45) is 1.68. The van der Waals surface area contributed by atoms with Gasteiger partial charge in [-0.1, -0.05) is 11.6 Å². The van der Waals surface area contributed by atoms with Crippen LogP contribution in [0.2, 0.25) is 5.02 Å². The normalized spacial score (nSPS) is 18.6. The van der Waals surface area contributed by atoms with E-state index < -0.39 is 0 Å². The Morgan fingerprint density at radius 1 is 1.19 bits per heavy atom. The Hall–Kier alpha value is -0.570. The maximum atomic E-state index is 12.1. The van der Waals surface area contributed by atoms with Gasteiger partial charge in [0.25, 0.3) is 0 Å². The molecule has 1 saturated heterocycles. The predicted octanol–water partition coefficient (Wildman–Crippen LogP) is 3.39.